The van der Waals surface area contributed by atoms with E-state index in [0.717, 1.165) is 0 Å². The van der Waals surface area contributed by atoms with Crippen LogP contribution < -0.4 is 0 Å². The molecule has 0 aromatic rings. The Morgan fingerprint density at radius 3 is 2.48 bits per heavy atom. The van der Waals surface area contributed by atoms with Gasteiger partial charge in [0.2, 0.25) is 0 Å². The normalized spacial score (nSPS) is 46.2. The standard InChI is InChI=1S/C16H20O5/c1-13(2)9-6-7-14(3)16(9,8-10(17)21-14)11(18)15(13,4)12(19)20-5/h6-7,9H,8H2,1-5H3/t9-,14+,15+,16-/m1/s1. The molecule has 0 unspecified atom stereocenters. The van der Waals surface area contributed by atoms with Gasteiger partial charge in [-0.05, 0) is 25.3 Å². The van der Waals surface area contributed by atoms with Crippen LogP contribution in [0.3, 0.4) is 0 Å². The minimum atomic E-state index is -1.29. The topological polar surface area (TPSA) is 69.7 Å². The van der Waals surface area contributed by atoms with Gasteiger partial charge in [0, 0.05) is 5.92 Å². The van der Waals surface area contributed by atoms with Gasteiger partial charge in [0.05, 0.1) is 18.9 Å². The van der Waals surface area contributed by atoms with Gasteiger partial charge in [-0.15, -0.1) is 0 Å². The molecule has 0 aromatic carbocycles. The molecular weight excluding hydrogens is 272 g/mol. The van der Waals surface area contributed by atoms with Crippen molar-refractivity contribution >= 4 is 17.7 Å². The van der Waals surface area contributed by atoms with E-state index >= 15 is 0 Å². The zero-order chi connectivity index (χ0) is 15.8. The van der Waals surface area contributed by atoms with Gasteiger partial charge >= 0.3 is 11.9 Å². The minimum absolute atomic E-state index is 0.0238. The fourth-order valence-corrected chi connectivity index (χ4v) is 4.73. The highest BCUT2D eigenvalue weighted by Crippen LogP contribution is 2.71. The minimum Gasteiger partial charge on any atom is -0.468 e. The van der Waals surface area contributed by atoms with Gasteiger partial charge in [-0.1, -0.05) is 19.9 Å². The van der Waals surface area contributed by atoms with Crippen molar-refractivity contribution in [2.75, 3.05) is 7.11 Å². The molecule has 2 aliphatic carbocycles. The Bertz CT molecular complexity index is 604. The molecule has 5 nitrogen and oxygen atoms in total. The molecule has 2 fully saturated rings. The highest BCUT2D eigenvalue weighted by molar-refractivity contribution is 6.12. The van der Waals surface area contributed by atoms with Crippen LogP contribution in [-0.2, 0) is 23.9 Å². The summed E-state index contributed by atoms with van der Waals surface area (Å²) < 4.78 is 10.4. The van der Waals surface area contributed by atoms with Crippen LogP contribution in [0.25, 0.3) is 0 Å². The van der Waals surface area contributed by atoms with Gasteiger partial charge in [-0.3, -0.25) is 14.4 Å². The Labute approximate surface area is 123 Å². The van der Waals surface area contributed by atoms with E-state index in [2.05, 4.69) is 0 Å². The predicted octanol–water partition coefficient (Wildman–Crippen LogP) is 1.65. The van der Waals surface area contributed by atoms with Gasteiger partial charge in [-0.2, -0.15) is 0 Å². The average molecular weight is 292 g/mol. The summed E-state index contributed by atoms with van der Waals surface area (Å²) in [5, 5.41) is 0. The molecule has 1 saturated carbocycles. The smallest absolute Gasteiger partial charge is 0.319 e. The monoisotopic (exact) mass is 292 g/mol. The maximum Gasteiger partial charge on any atom is 0.319 e. The summed E-state index contributed by atoms with van der Waals surface area (Å²) in [5.41, 5.74) is -3.89. The molecule has 3 aliphatic rings. The third kappa shape index (κ3) is 1.18. The van der Waals surface area contributed by atoms with Gasteiger partial charge < -0.3 is 9.47 Å². The van der Waals surface area contributed by atoms with E-state index < -0.39 is 27.8 Å². The zero-order valence-corrected chi connectivity index (χ0v) is 13.0. The molecule has 1 saturated heterocycles. The van der Waals surface area contributed by atoms with Crippen LogP contribution in [0.1, 0.15) is 34.1 Å². The number of carbonyl (C=O) groups excluding carboxylic acids is 3. The predicted molar refractivity (Wildman–Crippen MR) is 73.1 cm³/mol. The summed E-state index contributed by atoms with van der Waals surface area (Å²) in [7, 11) is 1.29. The number of rotatable bonds is 1. The lowest BCUT2D eigenvalue weighted by molar-refractivity contribution is -0.163. The van der Waals surface area contributed by atoms with Crippen LogP contribution in [0.4, 0.5) is 0 Å². The fraction of sp³-hybridized carbons (Fsp3) is 0.688. The fourth-order valence-electron chi connectivity index (χ4n) is 4.73. The Morgan fingerprint density at radius 1 is 1.29 bits per heavy atom. The van der Waals surface area contributed by atoms with Crippen LogP contribution in [-0.4, -0.2) is 30.4 Å². The van der Waals surface area contributed by atoms with Gasteiger partial charge in [0.25, 0.3) is 0 Å². The molecule has 0 bridgehead atoms. The summed E-state index contributed by atoms with van der Waals surface area (Å²) in [6.45, 7) is 7.16. The second-order valence-corrected chi connectivity index (χ2v) is 7.23. The number of ether oxygens (including phenoxy) is 2. The number of Topliss-reactive ketones (excluding diaryl/α,β-unsaturated/α-hetero) is 1. The third-order valence-corrected chi connectivity index (χ3v) is 6.29. The summed E-state index contributed by atoms with van der Waals surface area (Å²) in [4.78, 5) is 37.6. The summed E-state index contributed by atoms with van der Waals surface area (Å²) in [5.74, 6) is -1.39. The molecule has 114 valence electrons. The maximum absolute atomic E-state index is 13.3. The Morgan fingerprint density at radius 2 is 1.90 bits per heavy atom. The molecule has 0 amide bonds. The maximum atomic E-state index is 13.3. The van der Waals surface area contributed by atoms with Crippen molar-refractivity contribution < 1.29 is 23.9 Å². The van der Waals surface area contributed by atoms with E-state index in [1.165, 1.54) is 7.11 Å². The van der Waals surface area contributed by atoms with E-state index in [-0.39, 0.29) is 24.1 Å². The van der Waals surface area contributed by atoms with Crippen molar-refractivity contribution in [1.29, 1.82) is 0 Å². The molecule has 1 aliphatic heterocycles. The van der Waals surface area contributed by atoms with Crippen molar-refractivity contribution in [3.63, 3.8) is 0 Å². The first-order valence-electron chi connectivity index (χ1n) is 7.12. The van der Waals surface area contributed by atoms with E-state index in [4.69, 9.17) is 9.47 Å². The van der Waals surface area contributed by atoms with E-state index in [9.17, 15) is 14.4 Å². The van der Waals surface area contributed by atoms with Crippen molar-refractivity contribution in [3.8, 4) is 0 Å². The number of allylic oxidation sites excluding steroid dienone is 1. The van der Waals surface area contributed by atoms with Crippen LogP contribution in [0, 0.1) is 22.2 Å². The quantitative estimate of drug-likeness (QED) is 0.417. The summed E-state index contributed by atoms with van der Waals surface area (Å²) >= 11 is 0. The van der Waals surface area contributed by atoms with Crippen LogP contribution in [0.5, 0.6) is 0 Å². The Kier molecular flexibility index (Phi) is 2.43. The number of methoxy groups -OCH3 is 1. The molecule has 5 heteroatoms. The third-order valence-electron chi connectivity index (χ3n) is 6.29. The van der Waals surface area contributed by atoms with E-state index in [0.29, 0.717) is 0 Å². The average Bonchev–Trinajstić information content (AvgIpc) is 2.86. The van der Waals surface area contributed by atoms with Crippen molar-refractivity contribution in [2.24, 2.45) is 22.2 Å². The first kappa shape index (κ1) is 14.3. The molecule has 0 N–H and O–H groups in total. The van der Waals surface area contributed by atoms with Crippen LogP contribution >= 0.6 is 0 Å². The number of hydrogen-bond acceptors (Lipinski definition) is 5. The second-order valence-electron chi connectivity index (χ2n) is 7.23. The SMILES string of the molecule is COC(=O)[C@]1(C)C(=O)[C@]23CC(=O)O[C@@]2(C)C=C[C@@H]3C1(C)C. The largest absolute Gasteiger partial charge is 0.468 e. The Hall–Kier alpha value is -1.65. The number of carbonyl (C=O) groups is 3. The summed E-state index contributed by atoms with van der Waals surface area (Å²) in [6.07, 6.45) is 3.76. The van der Waals surface area contributed by atoms with E-state index in [1.54, 1.807) is 19.9 Å². The van der Waals surface area contributed by atoms with Crippen LogP contribution in [0.15, 0.2) is 12.2 Å². The van der Waals surface area contributed by atoms with Gasteiger partial charge in [-0.25, -0.2) is 0 Å². The van der Waals surface area contributed by atoms with Crippen LogP contribution in [0.2, 0.25) is 0 Å². The van der Waals surface area contributed by atoms with Gasteiger partial charge in [0.15, 0.2) is 5.78 Å². The molecule has 4 atom stereocenters. The summed E-state index contributed by atoms with van der Waals surface area (Å²) in [6, 6.07) is 0. The molecule has 0 aromatic heterocycles. The zero-order valence-electron chi connectivity index (χ0n) is 13.0. The van der Waals surface area contributed by atoms with E-state index in [1.807, 2.05) is 19.9 Å². The Balaban J connectivity index is 2.26. The number of ketones is 1. The lowest BCUT2D eigenvalue weighted by Gasteiger charge is -2.37. The van der Waals surface area contributed by atoms with Crippen molar-refractivity contribution in [3.05, 3.63) is 12.2 Å². The molecule has 3 rings (SSSR count). The number of hydrogen-bond donors (Lipinski definition) is 0. The van der Waals surface area contributed by atoms with Crippen molar-refractivity contribution in [2.45, 2.75) is 39.7 Å². The lowest BCUT2D eigenvalue weighted by Crippen LogP contribution is -2.49. The molecular formula is C16H20O5. The molecule has 1 heterocycles. The first-order valence-corrected chi connectivity index (χ1v) is 7.12. The lowest BCUT2D eigenvalue weighted by atomic mass is 9.64. The number of esters is 2. The highest BCUT2D eigenvalue weighted by Gasteiger charge is 2.81. The van der Waals surface area contributed by atoms with Gasteiger partial charge in [0.1, 0.15) is 11.0 Å². The first-order chi connectivity index (χ1) is 9.58. The molecule has 21 heavy (non-hydrogen) atoms. The van der Waals surface area contributed by atoms with Crippen molar-refractivity contribution in [1.82, 2.24) is 0 Å². The highest BCUT2D eigenvalue weighted by atomic mass is 16.6. The second kappa shape index (κ2) is 3.57. The molecule has 0 radical (unpaired) electrons. The molecule has 1 spiro atoms.